The monoisotopic (exact) mass is 496 g/mol. The fourth-order valence-corrected chi connectivity index (χ4v) is 4.47. The number of ether oxygens (including phenoxy) is 1. The number of hydrazone groups is 1. The summed E-state index contributed by atoms with van der Waals surface area (Å²) in [7, 11) is -4.14. The molecule has 11 heteroatoms. The number of nitro benzene ring substituents is 1. The van der Waals surface area contributed by atoms with Crippen molar-refractivity contribution in [2.24, 2.45) is 5.10 Å². The van der Waals surface area contributed by atoms with Gasteiger partial charge in [-0.25, -0.2) is 13.8 Å². The second-order valence-electron chi connectivity index (χ2n) is 7.63. The van der Waals surface area contributed by atoms with Crippen LogP contribution in [0.4, 0.5) is 11.4 Å². The Morgan fingerprint density at radius 3 is 2.26 bits per heavy atom. The van der Waals surface area contributed by atoms with Crippen LogP contribution in [0, 0.1) is 10.1 Å². The van der Waals surface area contributed by atoms with Gasteiger partial charge in [0, 0.05) is 12.1 Å². The number of nitrogens with one attached hydrogen (secondary N) is 1. The van der Waals surface area contributed by atoms with Crippen molar-refractivity contribution in [3.8, 4) is 5.75 Å². The van der Waals surface area contributed by atoms with Crippen molar-refractivity contribution in [1.82, 2.24) is 5.43 Å². The van der Waals surface area contributed by atoms with E-state index in [1.807, 2.05) is 13.8 Å². The van der Waals surface area contributed by atoms with E-state index in [1.165, 1.54) is 42.6 Å². The van der Waals surface area contributed by atoms with Gasteiger partial charge < -0.3 is 4.74 Å². The van der Waals surface area contributed by atoms with E-state index in [-0.39, 0.29) is 22.4 Å². The fourth-order valence-electron chi connectivity index (χ4n) is 3.02. The van der Waals surface area contributed by atoms with Gasteiger partial charge in [-0.05, 0) is 67.9 Å². The van der Waals surface area contributed by atoms with Crippen LogP contribution in [0.3, 0.4) is 0 Å². The van der Waals surface area contributed by atoms with Gasteiger partial charge in [-0.15, -0.1) is 0 Å². The number of non-ortho nitro benzene ring substituents is 1. The quantitative estimate of drug-likeness (QED) is 0.258. The van der Waals surface area contributed by atoms with Gasteiger partial charge in [-0.1, -0.05) is 18.2 Å². The number of anilines is 1. The topological polar surface area (TPSA) is 131 Å². The number of carbonyl (C=O) groups is 1. The molecule has 0 saturated carbocycles. The zero-order valence-electron chi connectivity index (χ0n) is 19.1. The molecule has 3 rings (SSSR count). The molecule has 0 aliphatic rings. The number of carbonyl (C=O) groups excluding carboxylic acids is 1. The van der Waals surface area contributed by atoms with Crippen molar-refractivity contribution in [2.75, 3.05) is 10.8 Å². The van der Waals surface area contributed by atoms with E-state index in [2.05, 4.69) is 10.5 Å². The normalized spacial score (nSPS) is 11.4. The smallest absolute Gasteiger partial charge is 0.269 e. The van der Waals surface area contributed by atoms with Gasteiger partial charge in [0.15, 0.2) is 0 Å². The Labute approximate surface area is 203 Å². The van der Waals surface area contributed by atoms with E-state index in [4.69, 9.17) is 4.74 Å². The summed E-state index contributed by atoms with van der Waals surface area (Å²) in [6.45, 7) is 3.25. The van der Waals surface area contributed by atoms with E-state index < -0.39 is 27.4 Å². The van der Waals surface area contributed by atoms with Crippen molar-refractivity contribution < 1.29 is 22.9 Å². The molecule has 0 spiro atoms. The summed E-state index contributed by atoms with van der Waals surface area (Å²) in [5.41, 5.74) is 2.91. The molecule has 0 heterocycles. The summed E-state index contributed by atoms with van der Waals surface area (Å²) in [5, 5.41) is 14.9. The Hall–Kier alpha value is -4.25. The third-order valence-electron chi connectivity index (χ3n) is 4.62. The average molecular weight is 497 g/mol. The Morgan fingerprint density at radius 2 is 1.69 bits per heavy atom. The van der Waals surface area contributed by atoms with E-state index in [1.54, 1.807) is 42.5 Å². The molecule has 0 saturated heterocycles. The largest absolute Gasteiger partial charge is 0.491 e. The summed E-state index contributed by atoms with van der Waals surface area (Å²) in [5.74, 6) is 0.00455. The first-order valence-electron chi connectivity index (χ1n) is 10.6. The molecule has 3 aromatic rings. The minimum atomic E-state index is -4.14. The Kier molecular flexibility index (Phi) is 8.16. The second kappa shape index (κ2) is 11.3. The first-order chi connectivity index (χ1) is 16.7. The number of amides is 1. The standard InChI is InChI=1S/C24H24N4O6S/c1-18(2)34-22-14-8-19(9-15-22)16-25-26-24(29)17-27(20-10-12-21(13-11-20)28(30)31)35(32,33)23-6-4-3-5-7-23/h3-16,18H,17H2,1-2H3,(H,26,29)/b25-16-. The number of nitro groups is 1. The SMILES string of the molecule is CC(C)Oc1ccc(/C=N\NC(=O)CN(c2ccc([N+](=O)[O-])cc2)S(=O)(=O)c2ccccc2)cc1. The summed E-state index contributed by atoms with van der Waals surface area (Å²) in [6.07, 6.45) is 1.46. The van der Waals surface area contributed by atoms with Crippen molar-refractivity contribution in [2.45, 2.75) is 24.8 Å². The van der Waals surface area contributed by atoms with Gasteiger partial charge in [-0.3, -0.25) is 19.2 Å². The lowest BCUT2D eigenvalue weighted by Gasteiger charge is -2.23. The number of rotatable bonds is 10. The van der Waals surface area contributed by atoms with Crippen LogP contribution in [0.1, 0.15) is 19.4 Å². The van der Waals surface area contributed by atoms with Gasteiger partial charge in [0.05, 0.1) is 27.8 Å². The van der Waals surface area contributed by atoms with E-state index in [0.29, 0.717) is 11.3 Å². The molecule has 0 unspecified atom stereocenters. The predicted octanol–water partition coefficient (Wildman–Crippen LogP) is 3.73. The van der Waals surface area contributed by atoms with Crippen molar-refractivity contribution in [3.63, 3.8) is 0 Å². The molecule has 0 radical (unpaired) electrons. The molecule has 1 N–H and O–H groups in total. The molecule has 0 aromatic heterocycles. The van der Waals surface area contributed by atoms with Crippen LogP contribution in [-0.2, 0) is 14.8 Å². The molecule has 3 aromatic carbocycles. The highest BCUT2D eigenvalue weighted by Crippen LogP contribution is 2.25. The maximum absolute atomic E-state index is 13.3. The summed E-state index contributed by atoms with van der Waals surface area (Å²) < 4.78 is 32.9. The van der Waals surface area contributed by atoms with Gasteiger partial charge in [-0.2, -0.15) is 5.10 Å². The lowest BCUT2D eigenvalue weighted by molar-refractivity contribution is -0.384. The minimum Gasteiger partial charge on any atom is -0.491 e. The van der Waals surface area contributed by atoms with Crippen molar-refractivity contribution in [1.29, 1.82) is 0 Å². The van der Waals surface area contributed by atoms with Crippen LogP contribution in [0.25, 0.3) is 0 Å². The molecule has 0 fully saturated rings. The molecular weight excluding hydrogens is 472 g/mol. The van der Waals surface area contributed by atoms with Crippen LogP contribution in [0.5, 0.6) is 5.75 Å². The highest BCUT2D eigenvalue weighted by Gasteiger charge is 2.27. The maximum Gasteiger partial charge on any atom is 0.269 e. The highest BCUT2D eigenvalue weighted by molar-refractivity contribution is 7.92. The molecule has 0 aliphatic carbocycles. The second-order valence-corrected chi connectivity index (χ2v) is 9.49. The first-order valence-corrected chi connectivity index (χ1v) is 12.0. The molecule has 182 valence electrons. The van der Waals surface area contributed by atoms with Crippen molar-refractivity contribution >= 4 is 33.5 Å². The van der Waals surface area contributed by atoms with Crippen molar-refractivity contribution in [3.05, 3.63) is 94.5 Å². The number of hydrogen-bond donors (Lipinski definition) is 1. The summed E-state index contributed by atoms with van der Waals surface area (Å²) >= 11 is 0. The molecule has 1 amide bonds. The first kappa shape index (κ1) is 25.4. The zero-order chi connectivity index (χ0) is 25.4. The van der Waals surface area contributed by atoms with Gasteiger partial charge in [0.1, 0.15) is 12.3 Å². The molecular formula is C24H24N4O6S. The van der Waals surface area contributed by atoms with Gasteiger partial charge in [0.25, 0.3) is 21.6 Å². The number of benzene rings is 3. The maximum atomic E-state index is 13.3. The lowest BCUT2D eigenvalue weighted by atomic mass is 10.2. The fraction of sp³-hybridized carbons (Fsp3) is 0.167. The third-order valence-corrected chi connectivity index (χ3v) is 6.41. The average Bonchev–Trinajstić information content (AvgIpc) is 2.84. The Bertz CT molecular complexity index is 1290. The van der Waals surface area contributed by atoms with Crippen LogP contribution in [0.2, 0.25) is 0 Å². The third kappa shape index (κ3) is 6.87. The molecule has 35 heavy (non-hydrogen) atoms. The Balaban J connectivity index is 1.77. The van der Waals surface area contributed by atoms with Crippen LogP contribution in [-0.4, -0.2) is 38.1 Å². The van der Waals surface area contributed by atoms with Crippen LogP contribution < -0.4 is 14.5 Å². The predicted molar refractivity (Wildman–Crippen MR) is 132 cm³/mol. The summed E-state index contributed by atoms with van der Waals surface area (Å²) in [4.78, 5) is 22.9. The Morgan fingerprint density at radius 1 is 1.06 bits per heavy atom. The van der Waals surface area contributed by atoms with Crippen LogP contribution >= 0.6 is 0 Å². The lowest BCUT2D eigenvalue weighted by Crippen LogP contribution is -2.39. The van der Waals surface area contributed by atoms with E-state index in [9.17, 15) is 23.3 Å². The minimum absolute atomic E-state index is 0.0293. The molecule has 0 atom stereocenters. The van der Waals surface area contributed by atoms with Gasteiger partial charge >= 0.3 is 0 Å². The number of nitrogens with zero attached hydrogens (tertiary/aromatic N) is 3. The number of sulfonamides is 1. The number of hydrogen-bond acceptors (Lipinski definition) is 7. The molecule has 0 aliphatic heterocycles. The zero-order valence-corrected chi connectivity index (χ0v) is 19.9. The van der Waals surface area contributed by atoms with E-state index in [0.717, 1.165) is 4.31 Å². The summed E-state index contributed by atoms with van der Waals surface area (Å²) in [6, 6.07) is 19.5. The molecule has 0 bridgehead atoms. The van der Waals surface area contributed by atoms with E-state index >= 15 is 0 Å². The van der Waals surface area contributed by atoms with Gasteiger partial charge in [0.2, 0.25) is 0 Å². The molecule has 10 nitrogen and oxygen atoms in total. The van der Waals surface area contributed by atoms with Crippen LogP contribution in [0.15, 0.2) is 88.9 Å². The highest BCUT2D eigenvalue weighted by atomic mass is 32.2.